The number of nitrogens with two attached hydrogens (primary N) is 1. The van der Waals surface area contributed by atoms with Crippen LogP contribution in [0.1, 0.15) is 0 Å². The van der Waals surface area contributed by atoms with E-state index in [1.54, 1.807) is 6.07 Å². The second-order valence-corrected chi connectivity index (χ2v) is 6.14. The first-order chi connectivity index (χ1) is 8.83. The minimum absolute atomic E-state index is 0.0145. The molecule has 0 bridgehead atoms. The lowest BCUT2D eigenvalue weighted by atomic mass is 10.3. The number of hydrogen-bond donors (Lipinski definition) is 2. The molecule has 0 spiro atoms. The molecule has 0 saturated carbocycles. The zero-order valence-electron chi connectivity index (χ0n) is 9.76. The summed E-state index contributed by atoms with van der Waals surface area (Å²) in [6.07, 6.45) is 1.24. The van der Waals surface area contributed by atoms with Crippen LogP contribution in [0.3, 0.4) is 0 Å². The molecule has 2 aromatic rings. The van der Waals surface area contributed by atoms with E-state index in [1.165, 1.54) is 25.4 Å². The number of sulfonamides is 1. The van der Waals surface area contributed by atoms with Gasteiger partial charge in [-0.05, 0) is 12.1 Å². The fourth-order valence-corrected chi connectivity index (χ4v) is 3.59. The van der Waals surface area contributed by atoms with Crippen LogP contribution in [0.15, 0.2) is 29.4 Å². The van der Waals surface area contributed by atoms with Gasteiger partial charge in [0, 0.05) is 7.05 Å². The van der Waals surface area contributed by atoms with Gasteiger partial charge in [-0.1, -0.05) is 29.3 Å². The topological polar surface area (TPSA) is 90.0 Å². The van der Waals surface area contributed by atoms with E-state index in [-0.39, 0.29) is 26.4 Å². The van der Waals surface area contributed by atoms with Gasteiger partial charge in [-0.15, -0.1) is 0 Å². The maximum absolute atomic E-state index is 12.2. The molecule has 2 rings (SSSR count). The van der Waals surface area contributed by atoms with Crippen molar-refractivity contribution in [2.45, 2.75) is 5.03 Å². The molecule has 19 heavy (non-hydrogen) atoms. The molecule has 0 atom stereocenters. The van der Waals surface area contributed by atoms with Crippen molar-refractivity contribution in [3.63, 3.8) is 0 Å². The fraction of sp³-hybridized carbons (Fsp3) is 0.100. The standard InChI is InChI=1S/C10H10Cl2N4O2S/c1-16-10(7(12)5-14-16)19(17,18)15-9-6(11)3-2-4-8(9)13/h2-5,15H,13H2,1H3. The molecular weight excluding hydrogens is 311 g/mol. The normalized spacial score (nSPS) is 11.5. The summed E-state index contributed by atoms with van der Waals surface area (Å²) < 4.78 is 27.9. The third-order valence-corrected chi connectivity index (χ3v) is 4.55. The van der Waals surface area contributed by atoms with Gasteiger partial charge in [0.15, 0.2) is 5.03 Å². The third-order valence-electron chi connectivity index (χ3n) is 2.38. The zero-order chi connectivity index (χ0) is 14.2. The summed E-state index contributed by atoms with van der Waals surface area (Å²) in [5, 5.41) is 3.82. The van der Waals surface area contributed by atoms with Crippen LogP contribution in [-0.2, 0) is 17.1 Å². The molecule has 9 heteroatoms. The van der Waals surface area contributed by atoms with E-state index in [9.17, 15) is 8.42 Å². The Morgan fingerprint density at radius 2 is 2.00 bits per heavy atom. The van der Waals surface area contributed by atoms with Crippen molar-refractivity contribution in [2.24, 2.45) is 7.05 Å². The second-order valence-electron chi connectivity index (χ2n) is 3.73. The third kappa shape index (κ3) is 2.63. The van der Waals surface area contributed by atoms with Gasteiger partial charge < -0.3 is 5.73 Å². The Balaban J connectivity index is 2.49. The van der Waals surface area contributed by atoms with E-state index in [1.807, 2.05) is 0 Å². The molecule has 1 aromatic heterocycles. The van der Waals surface area contributed by atoms with Crippen LogP contribution in [0.2, 0.25) is 10.0 Å². The van der Waals surface area contributed by atoms with Gasteiger partial charge in [0.05, 0.1) is 27.6 Å². The summed E-state index contributed by atoms with van der Waals surface area (Å²) in [5.74, 6) is 0. The quantitative estimate of drug-likeness (QED) is 0.847. The van der Waals surface area contributed by atoms with Crippen LogP contribution < -0.4 is 10.5 Å². The van der Waals surface area contributed by atoms with Gasteiger partial charge in [-0.25, -0.2) is 0 Å². The average Bonchev–Trinajstić information content (AvgIpc) is 2.64. The lowest BCUT2D eigenvalue weighted by Gasteiger charge is -2.12. The summed E-state index contributed by atoms with van der Waals surface area (Å²) in [6, 6.07) is 4.68. The van der Waals surface area contributed by atoms with E-state index in [0.717, 1.165) is 4.68 Å². The van der Waals surface area contributed by atoms with Crippen LogP contribution in [0, 0.1) is 0 Å². The number of anilines is 2. The van der Waals surface area contributed by atoms with Gasteiger partial charge in [-0.2, -0.15) is 13.5 Å². The van der Waals surface area contributed by atoms with Gasteiger partial charge >= 0.3 is 0 Å². The Morgan fingerprint density at radius 1 is 1.32 bits per heavy atom. The molecule has 0 unspecified atom stereocenters. The molecule has 0 aliphatic heterocycles. The van der Waals surface area contributed by atoms with Crippen molar-refractivity contribution in [3.05, 3.63) is 34.4 Å². The van der Waals surface area contributed by atoms with Crippen molar-refractivity contribution in [1.29, 1.82) is 0 Å². The minimum Gasteiger partial charge on any atom is -0.397 e. The Bertz CT molecular complexity index is 687. The first-order valence-corrected chi connectivity index (χ1v) is 7.31. The number of hydrogen-bond acceptors (Lipinski definition) is 4. The van der Waals surface area contributed by atoms with E-state index < -0.39 is 10.0 Å². The highest BCUT2D eigenvalue weighted by molar-refractivity contribution is 7.92. The lowest BCUT2D eigenvalue weighted by molar-refractivity contribution is 0.582. The van der Waals surface area contributed by atoms with Crippen molar-refractivity contribution in [2.75, 3.05) is 10.5 Å². The average molecular weight is 321 g/mol. The van der Waals surface area contributed by atoms with Crippen molar-refractivity contribution < 1.29 is 8.42 Å². The lowest BCUT2D eigenvalue weighted by Crippen LogP contribution is -2.18. The van der Waals surface area contributed by atoms with E-state index >= 15 is 0 Å². The van der Waals surface area contributed by atoms with Gasteiger partial charge in [0.2, 0.25) is 0 Å². The Morgan fingerprint density at radius 3 is 2.53 bits per heavy atom. The number of nitrogens with one attached hydrogen (secondary N) is 1. The highest BCUT2D eigenvalue weighted by Crippen LogP contribution is 2.31. The molecule has 0 aliphatic rings. The van der Waals surface area contributed by atoms with Gasteiger partial charge in [-0.3, -0.25) is 9.40 Å². The van der Waals surface area contributed by atoms with E-state index in [0.29, 0.717) is 0 Å². The van der Waals surface area contributed by atoms with Crippen LogP contribution in [-0.4, -0.2) is 18.2 Å². The van der Waals surface area contributed by atoms with Crippen molar-refractivity contribution >= 4 is 44.6 Å². The number of aryl methyl sites for hydroxylation is 1. The maximum atomic E-state index is 12.2. The van der Waals surface area contributed by atoms with Crippen LogP contribution in [0.25, 0.3) is 0 Å². The minimum atomic E-state index is -3.92. The number of para-hydroxylation sites is 1. The van der Waals surface area contributed by atoms with Crippen molar-refractivity contribution in [1.82, 2.24) is 9.78 Å². The zero-order valence-corrected chi connectivity index (χ0v) is 12.1. The molecule has 102 valence electrons. The SMILES string of the molecule is Cn1ncc(Cl)c1S(=O)(=O)Nc1c(N)cccc1Cl. The Hall–Kier alpha value is -1.44. The largest absolute Gasteiger partial charge is 0.397 e. The molecule has 0 amide bonds. The molecule has 1 heterocycles. The molecular formula is C10H10Cl2N4O2S. The predicted molar refractivity (Wildman–Crippen MR) is 74.9 cm³/mol. The molecule has 0 fully saturated rings. The predicted octanol–water partition coefficient (Wildman–Crippen LogP) is 2.11. The summed E-state index contributed by atoms with van der Waals surface area (Å²) in [4.78, 5) is 0. The van der Waals surface area contributed by atoms with E-state index in [4.69, 9.17) is 28.9 Å². The molecule has 3 N–H and O–H groups in total. The number of aromatic nitrogens is 2. The van der Waals surface area contributed by atoms with Crippen LogP contribution >= 0.6 is 23.2 Å². The molecule has 0 aliphatic carbocycles. The Labute approximate surface area is 120 Å². The van der Waals surface area contributed by atoms with Gasteiger partial charge in [0.1, 0.15) is 0 Å². The second kappa shape index (κ2) is 4.92. The highest BCUT2D eigenvalue weighted by atomic mass is 35.5. The van der Waals surface area contributed by atoms with Crippen LogP contribution in [0.5, 0.6) is 0 Å². The van der Waals surface area contributed by atoms with E-state index in [2.05, 4.69) is 9.82 Å². The first kappa shape index (κ1) is 14.0. The number of halogens is 2. The van der Waals surface area contributed by atoms with Crippen molar-refractivity contribution in [3.8, 4) is 0 Å². The molecule has 6 nitrogen and oxygen atoms in total. The monoisotopic (exact) mass is 320 g/mol. The summed E-state index contributed by atoms with van der Waals surface area (Å²) in [6.45, 7) is 0. The number of benzene rings is 1. The Kier molecular flexibility index (Phi) is 3.62. The number of rotatable bonds is 3. The summed E-state index contributed by atoms with van der Waals surface area (Å²) in [7, 11) is -2.45. The molecule has 0 saturated heterocycles. The molecule has 1 aromatic carbocycles. The highest BCUT2D eigenvalue weighted by Gasteiger charge is 2.24. The summed E-state index contributed by atoms with van der Waals surface area (Å²) in [5.41, 5.74) is 6.02. The van der Waals surface area contributed by atoms with Crippen LogP contribution in [0.4, 0.5) is 11.4 Å². The number of nitrogen functional groups attached to an aromatic ring is 1. The first-order valence-electron chi connectivity index (χ1n) is 5.07. The fourth-order valence-electron chi connectivity index (χ4n) is 1.53. The number of nitrogens with zero attached hydrogens (tertiary/aromatic N) is 2. The summed E-state index contributed by atoms with van der Waals surface area (Å²) >= 11 is 11.7. The maximum Gasteiger partial charge on any atom is 0.280 e. The smallest absolute Gasteiger partial charge is 0.280 e. The van der Waals surface area contributed by atoms with Gasteiger partial charge in [0.25, 0.3) is 10.0 Å². The molecule has 0 radical (unpaired) electrons.